The van der Waals surface area contributed by atoms with E-state index in [0.29, 0.717) is 11.6 Å². The zero-order valence-electron chi connectivity index (χ0n) is 10.1. The first-order valence-electron chi connectivity index (χ1n) is 5.45. The maximum Gasteiger partial charge on any atom is 0.374 e. The van der Waals surface area contributed by atoms with Crippen molar-refractivity contribution in [3.8, 4) is 0 Å². The molecule has 0 spiro atoms. The molecule has 6 heteroatoms. The number of rotatable bonds is 4. The number of carbonyl (C=O) groups is 1. The van der Waals surface area contributed by atoms with Gasteiger partial charge in [0.15, 0.2) is 0 Å². The Morgan fingerprint density at radius 2 is 2.26 bits per heavy atom. The van der Waals surface area contributed by atoms with E-state index in [1.54, 1.807) is 18.2 Å². The van der Waals surface area contributed by atoms with Gasteiger partial charge in [0.25, 0.3) is 0 Å². The smallest absolute Gasteiger partial charge is 0.374 e. The average molecular weight is 345 g/mol. The van der Waals surface area contributed by atoms with Crippen LogP contribution in [0.1, 0.15) is 16.1 Å². The number of benzene rings is 1. The van der Waals surface area contributed by atoms with Gasteiger partial charge in [0.1, 0.15) is 0 Å². The molecule has 2 rings (SSSR count). The summed E-state index contributed by atoms with van der Waals surface area (Å²) >= 11 is 9.35. The van der Waals surface area contributed by atoms with E-state index in [9.17, 15) is 4.79 Å². The van der Waals surface area contributed by atoms with Crippen molar-refractivity contribution >= 4 is 39.2 Å². The molecule has 0 radical (unpaired) electrons. The van der Waals surface area contributed by atoms with Crippen molar-refractivity contribution in [1.29, 1.82) is 0 Å². The van der Waals surface area contributed by atoms with Gasteiger partial charge in [0.2, 0.25) is 5.76 Å². The lowest BCUT2D eigenvalue weighted by Gasteiger charge is -2.08. The van der Waals surface area contributed by atoms with Crippen LogP contribution in [0.15, 0.2) is 39.4 Å². The Hall–Kier alpha value is -1.46. The zero-order valence-corrected chi connectivity index (χ0v) is 12.4. The van der Waals surface area contributed by atoms with E-state index in [4.69, 9.17) is 16.0 Å². The fraction of sp³-hybridized carbons (Fsp3) is 0.154. The summed E-state index contributed by atoms with van der Waals surface area (Å²) in [5.41, 5.74) is 1.56. The first kappa shape index (κ1) is 14.0. The lowest BCUT2D eigenvalue weighted by molar-refractivity contribution is 0.0563. The van der Waals surface area contributed by atoms with Crippen LogP contribution in [0.3, 0.4) is 0 Å². The third-order valence-corrected chi connectivity index (χ3v) is 3.44. The summed E-state index contributed by atoms with van der Waals surface area (Å²) in [5.74, 6) is -0.292. The Morgan fingerprint density at radius 1 is 1.47 bits per heavy atom. The van der Waals surface area contributed by atoms with Crippen molar-refractivity contribution in [1.82, 2.24) is 0 Å². The third-order valence-electron chi connectivity index (χ3n) is 2.52. The monoisotopic (exact) mass is 343 g/mol. The van der Waals surface area contributed by atoms with Crippen molar-refractivity contribution in [2.75, 3.05) is 12.4 Å². The SMILES string of the molecule is COC(=O)c1occc1CNc1cc(Cl)ccc1Br. The van der Waals surface area contributed by atoms with Crippen LogP contribution in [-0.4, -0.2) is 13.1 Å². The van der Waals surface area contributed by atoms with Gasteiger partial charge in [-0.15, -0.1) is 0 Å². The minimum Gasteiger partial charge on any atom is -0.463 e. The molecule has 2 aromatic rings. The molecular formula is C13H11BrClNO3. The molecule has 1 N–H and O–H groups in total. The maximum atomic E-state index is 11.5. The van der Waals surface area contributed by atoms with Gasteiger partial charge in [-0.25, -0.2) is 4.79 Å². The average Bonchev–Trinajstić information content (AvgIpc) is 2.87. The van der Waals surface area contributed by atoms with E-state index in [1.165, 1.54) is 13.4 Å². The predicted molar refractivity (Wildman–Crippen MR) is 76.5 cm³/mol. The molecule has 0 aliphatic rings. The first-order chi connectivity index (χ1) is 9.11. The standard InChI is InChI=1S/C13H11BrClNO3/c1-18-13(17)12-8(4-5-19-12)7-16-11-6-9(15)2-3-10(11)14/h2-6,16H,7H2,1H3. The molecule has 100 valence electrons. The number of anilines is 1. The summed E-state index contributed by atoms with van der Waals surface area (Å²) in [6, 6.07) is 7.15. The van der Waals surface area contributed by atoms with Gasteiger partial charge in [-0.3, -0.25) is 0 Å². The van der Waals surface area contributed by atoms with Gasteiger partial charge in [0.05, 0.1) is 19.1 Å². The molecule has 0 saturated carbocycles. The molecule has 0 bridgehead atoms. The lowest BCUT2D eigenvalue weighted by atomic mass is 10.2. The Kier molecular flexibility index (Phi) is 4.50. The Morgan fingerprint density at radius 3 is 3.00 bits per heavy atom. The highest BCUT2D eigenvalue weighted by Gasteiger charge is 2.15. The highest BCUT2D eigenvalue weighted by molar-refractivity contribution is 9.10. The van der Waals surface area contributed by atoms with E-state index in [-0.39, 0.29) is 5.76 Å². The van der Waals surface area contributed by atoms with Crippen molar-refractivity contribution in [2.24, 2.45) is 0 Å². The molecule has 0 amide bonds. The molecule has 0 fully saturated rings. The topological polar surface area (TPSA) is 51.5 Å². The molecule has 0 aliphatic heterocycles. The number of nitrogens with one attached hydrogen (secondary N) is 1. The van der Waals surface area contributed by atoms with Crippen molar-refractivity contribution in [3.63, 3.8) is 0 Å². The fourth-order valence-electron chi connectivity index (χ4n) is 1.57. The number of methoxy groups -OCH3 is 1. The molecule has 0 atom stereocenters. The number of furan rings is 1. The van der Waals surface area contributed by atoms with Crippen LogP contribution >= 0.6 is 27.5 Å². The minimum absolute atomic E-state index is 0.202. The highest BCUT2D eigenvalue weighted by Crippen LogP contribution is 2.26. The Balaban J connectivity index is 2.13. The van der Waals surface area contributed by atoms with Crippen LogP contribution < -0.4 is 5.32 Å². The Bertz CT molecular complexity index is 597. The largest absolute Gasteiger partial charge is 0.463 e. The van der Waals surface area contributed by atoms with Crippen LogP contribution in [0.4, 0.5) is 5.69 Å². The van der Waals surface area contributed by atoms with Crippen LogP contribution in [0.2, 0.25) is 5.02 Å². The number of halogens is 2. The summed E-state index contributed by atoms with van der Waals surface area (Å²) in [6.45, 7) is 0.430. The number of hydrogen-bond donors (Lipinski definition) is 1. The van der Waals surface area contributed by atoms with Crippen molar-refractivity contribution in [3.05, 3.63) is 51.3 Å². The zero-order chi connectivity index (χ0) is 13.8. The number of esters is 1. The van der Waals surface area contributed by atoms with Gasteiger partial charge < -0.3 is 14.5 Å². The van der Waals surface area contributed by atoms with E-state index < -0.39 is 5.97 Å². The molecule has 1 heterocycles. The lowest BCUT2D eigenvalue weighted by Crippen LogP contribution is -2.07. The summed E-state index contributed by atoms with van der Waals surface area (Å²) in [5, 5.41) is 3.81. The quantitative estimate of drug-likeness (QED) is 0.849. The minimum atomic E-state index is -0.494. The normalized spacial score (nSPS) is 10.3. The fourth-order valence-corrected chi connectivity index (χ4v) is 2.13. The van der Waals surface area contributed by atoms with Gasteiger partial charge >= 0.3 is 5.97 Å². The summed E-state index contributed by atoms with van der Waals surface area (Å²) in [7, 11) is 1.32. The van der Waals surface area contributed by atoms with Crippen LogP contribution in [0.25, 0.3) is 0 Å². The van der Waals surface area contributed by atoms with E-state index in [0.717, 1.165) is 15.7 Å². The molecule has 19 heavy (non-hydrogen) atoms. The second-order valence-electron chi connectivity index (χ2n) is 3.74. The van der Waals surface area contributed by atoms with Crippen LogP contribution in [-0.2, 0) is 11.3 Å². The second kappa shape index (κ2) is 6.12. The summed E-state index contributed by atoms with van der Waals surface area (Å²) in [4.78, 5) is 11.5. The first-order valence-corrected chi connectivity index (χ1v) is 6.62. The third kappa shape index (κ3) is 3.30. The van der Waals surface area contributed by atoms with Gasteiger partial charge in [-0.1, -0.05) is 11.6 Å². The van der Waals surface area contributed by atoms with Crippen molar-refractivity contribution in [2.45, 2.75) is 6.54 Å². The molecule has 0 unspecified atom stereocenters. The molecule has 1 aromatic heterocycles. The van der Waals surface area contributed by atoms with Crippen LogP contribution in [0.5, 0.6) is 0 Å². The van der Waals surface area contributed by atoms with E-state index in [1.807, 2.05) is 6.07 Å². The molecular weight excluding hydrogens is 334 g/mol. The maximum absolute atomic E-state index is 11.5. The number of carbonyl (C=O) groups excluding carboxylic acids is 1. The second-order valence-corrected chi connectivity index (χ2v) is 5.04. The highest BCUT2D eigenvalue weighted by atomic mass is 79.9. The summed E-state index contributed by atoms with van der Waals surface area (Å²) < 4.78 is 10.6. The predicted octanol–water partition coefficient (Wildman–Crippen LogP) is 4.09. The van der Waals surface area contributed by atoms with Gasteiger partial charge in [-0.2, -0.15) is 0 Å². The summed E-state index contributed by atoms with van der Waals surface area (Å²) in [6.07, 6.45) is 1.45. The Labute approximate surface area is 123 Å². The number of hydrogen-bond acceptors (Lipinski definition) is 4. The van der Waals surface area contributed by atoms with Crippen LogP contribution in [0, 0.1) is 0 Å². The molecule has 0 saturated heterocycles. The number of ether oxygens (including phenoxy) is 1. The van der Waals surface area contributed by atoms with Crippen molar-refractivity contribution < 1.29 is 13.9 Å². The molecule has 0 aliphatic carbocycles. The van der Waals surface area contributed by atoms with Gasteiger partial charge in [-0.05, 0) is 40.2 Å². The van der Waals surface area contributed by atoms with E-state index >= 15 is 0 Å². The van der Waals surface area contributed by atoms with Gasteiger partial charge in [0, 0.05) is 21.6 Å². The molecule has 4 nitrogen and oxygen atoms in total. The van der Waals surface area contributed by atoms with E-state index in [2.05, 4.69) is 26.0 Å². The molecule has 1 aromatic carbocycles.